The lowest BCUT2D eigenvalue weighted by Gasteiger charge is -2.09. The summed E-state index contributed by atoms with van der Waals surface area (Å²) in [6.07, 6.45) is 0. The minimum atomic E-state index is -3.84. The van der Waals surface area contributed by atoms with Crippen molar-refractivity contribution in [2.45, 2.75) is 18.4 Å². The molecule has 0 unspecified atom stereocenters. The number of fused-ring (bicyclic) bond motifs is 1. The number of carbonyl (C=O) groups excluding carboxylic acids is 1. The summed E-state index contributed by atoms with van der Waals surface area (Å²) in [6, 6.07) is 18.2. The highest BCUT2D eigenvalue weighted by molar-refractivity contribution is 7.92. The zero-order valence-corrected chi connectivity index (χ0v) is 20.9. The molecule has 0 atom stereocenters. The van der Waals surface area contributed by atoms with E-state index in [1.807, 2.05) is 23.6 Å². The molecule has 0 radical (unpaired) electrons. The molecule has 0 fully saturated rings. The number of methoxy groups -OCH3 is 1. The minimum absolute atomic E-state index is 0.0677. The van der Waals surface area contributed by atoms with Gasteiger partial charge < -0.3 is 9.30 Å². The molecule has 0 bridgehead atoms. The Bertz CT molecular complexity index is 1520. The number of ether oxygens (including phenoxy) is 1. The second-order valence-electron chi connectivity index (χ2n) is 7.56. The Morgan fingerprint density at radius 2 is 1.88 bits per heavy atom. The van der Waals surface area contributed by atoms with Crippen LogP contribution in [0.4, 0.5) is 5.69 Å². The van der Waals surface area contributed by atoms with E-state index in [9.17, 15) is 13.2 Å². The molecule has 1 amide bonds. The molecule has 10 heteroatoms. The minimum Gasteiger partial charge on any atom is -0.383 e. The predicted octanol–water partition coefficient (Wildman–Crippen LogP) is 4.85. The van der Waals surface area contributed by atoms with E-state index in [-0.39, 0.29) is 16.1 Å². The normalized spacial score (nSPS) is 12.3. The molecular formula is C24H22ClN3O4S2. The van der Waals surface area contributed by atoms with Crippen LogP contribution < -0.4 is 9.52 Å². The number of hydrogen-bond donors (Lipinski definition) is 1. The van der Waals surface area contributed by atoms with E-state index >= 15 is 0 Å². The van der Waals surface area contributed by atoms with E-state index in [0.29, 0.717) is 23.0 Å². The van der Waals surface area contributed by atoms with E-state index < -0.39 is 15.9 Å². The molecule has 34 heavy (non-hydrogen) atoms. The molecule has 4 rings (SSSR count). The van der Waals surface area contributed by atoms with Crippen molar-refractivity contribution in [3.8, 4) is 0 Å². The van der Waals surface area contributed by atoms with Crippen molar-refractivity contribution in [3.63, 3.8) is 0 Å². The smallest absolute Gasteiger partial charge is 0.279 e. The molecule has 4 aromatic rings. The maximum atomic E-state index is 13.0. The van der Waals surface area contributed by atoms with Crippen LogP contribution in [0.15, 0.2) is 76.6 Å². The van der Waals surface area contributed by atoms with Crippen LogP contribution >= 0.6 is 22.9 Å². The van der Waals surface area contributed by atoms with Gasteiger partial charge in [-0.05, 0) is 67.1 Å². The SMILES string of the molecule is COCCn1c(=NC(=O)c2cccc(NS(=O)(=O)c3ccc(Cl)cc3)c2)sc2cc(C)ccc21. The van der Waals surface area contributed by atoms with Gasteiger partial charge in [0.15, 0.2) is 4.80 Å². The van der Waals surface area contributed by atoms with Crippen LogP contribution in [0.2, 0.25) is 5.02 Å². The summed E-state index contributed by atoms with van der Waals surface area (Å²) in [5.41, 5.74) is 2.62. The lowest BCUT2D eigenvalue weighted by atomic mass is 10.2. The van der Waals surface area contributed by atoms with Gasteiger partial charge in [-0.2, -0.15) is 4.99 Å². The number of nitrogens with zero attached hydrogens (tertiary/aromatic N) is 2. The summed E-state index contributed by atoms with van der Waals surface area (Å²) in [4.78, 5) is 18.0. The van der Waals surface area contributed by atoms with Crippen molar-refractivity contribution < 1.29 is 17.9 Å². The summed E-state index contributed by atoms with van der Waals surface area (Å²) < 4.78 is 36.1. The van der Waals surface area contributed by atoms with Crippen LogP contribution in [0.25, 0.3) is 10.2 Å². The van der Waals surface area contributed by atoms with E-state index in [1.165, 1.54) is 41.7 Å². The van der Waals surface area contributed by atoms with E-state index in [2.05, 4.69) is 15.8 Å². The average Bonchev–Trinajstić information content (AvgIpc) is 3.13. The Kier molecular flexibility index (Phi) is 7.18. The number of carbonyl (C=O) groups is 1. The first-order chi connectivity index (χ1) is 16.3. The van der Waals surface area contributed by atoms with Crippen LogP contribution in [0.3, 0.4) is 0 Å². The van der Waals surface area contributed by atoms with Gasteiger partial charge in [-0.1, -0.05) is 35.1 Å². The summed E-state index contributed by atoms with van der Waals surface area (Å²) in [7, 11) is -2.21. The first kappa shape index (κ1) is 24.2. The van der Waals surface area contributed by atoms with E-state index in [1.54, 1.807) is 25.3 Å². The number of aryl methyl sites for hydroxylation is 1. The number of aromatic nitrogens is 1. The van der Waals surface area contributed by atoms with Gasteiger partial charge in [-0.15, -0.1) is 0 Å². The third kappa shape index (κ3) is 5.39. The van der Waals surface area contributed by atoms with Gasteiger partial charge in [0, 0.05) is 29.9 Å². The summed E-state index contributed by atoms with van der Waals surface area (Å²) in [5, 5.41) is 0.437. The summed E-state index contributed by atoms with van der Waals surface area (Å²) in [5.74, 6) is -0.470. The van der Waals surface area contributed by atoms with Crippen molar-refractivity contribution in [3.05, 3.63) is 87.7 Å². The largest absolute Gasteiger partial charge is 0.383 e. The highest BCUT2D eigenvalue weighted by atomic mass is 35.5. The molecule has 1 aromatic heterocycles. The number of thiazole rings is 1. The molecule has 0 saturated carbocycles. The van der Waals surface area contributed by atoms with Crippen LogP contribution in [0.1, 0.15) is 15.9 Å². The lowest BCUT2D eigenvalue weighted by Crippen LogP contribution is -2.19. The second kappa shape index (κ2) is 10.1. The predicted molar refractivity (Wildman–Crippen MR) is 135 cm³/mol. The first-order valence-corrected chi connectivity index (χ1v) is 13.0. The van der Waals surface area contributed by atoms with Crippen LogP contribution in [-0.2, 0) is 21.3 Å². The average molecular weight is 516 g/mol. The van der Waals surface area contributed by atoms with Crippen LogP contribution in [-0.4, -0.2) is 32.6 Å². The third-order valence-electron chi connectivity index (χ3n) is 5.04. The molecule has 0 aliphatic heterocycles. The summed E-state index contributed by atoms with van der Waals surface area (Å²) >= 11 is 7.27. The molecule has 0 spiro atoms. The van der Waals surface area contributed by atoms with Gasteiger partial charge in [-0.3, -0.25) is 9.52 Å². The molecular weight excluding hydrogens is 494 g/mol. The number of amides is 1. The number of sulfonamides is 1. The molecule has 7 nitrogen and oxygen atoms in total. The highest BCUT2D eigenvalue weighted by Gasteiger charge is 2.15. The topological polar surface area (TPSA) is 89.8 Å². The quantitative estimate of drug-likeness (QED) is 0.381. The van der Waals surface area contributed by atoms with Crippen molar-refractivity contribution in [1.82, 2.24) is 4.57 Å². The monoisotopic (exact) mass is 515 g/mol. The van der Waals surface area contributed by atoms with E-state index in [0.717, 1.165) is 15.8 Å². The fraction of sp³-hybridized carbons (Fsp3) is 0.167. The van der Waals surface area contributed by atoms with Gasteiger partial charge in [0.05, 0.1) is 21.7 Å². The van der Waals surface area contributed by atoms with Gasteiger partial charge in [0.2, 0.25) is 0 Å². The fourth-order valence-corrected chi connectivity index (χ4v) is 5.69. The molecule has 176 valence electrons. The maximum absolute atomic E-state index is 13.0. The molecule has 3 aromatic carbocycles. The van der Waals surface area contributed by atoms with Crippen molar-refractivity contribution in [1.29, 1.82) is 0 Å². The fourth-order valence-electron chi connectivity index (χ4n) is 3.36. The lowest BCUT2D eigenvalue weighted by molar-refractivity contribution is 0.0997. The molecule has 0 aliphatic carbocycles. The highest BCUT2D eigenvalue weighted by Crippen LogP contribution is 2.21. The molecule has 1 N–H and O–H groups in total. The molecule has 0 saturated heterocycles. The number of anilines is 1. The van der Waals surface area contributed by atoms with Gasteiger partial charge >= 0.3 is 0 Å². The van der Waals surface area contributed by atoms with Crippen LogP contribution in [0, 0.1) is 6.92 Å². The number of benzene rings is 3. The standard InChI is InChI=1S/C24H22ClN3O4S2/c1-16-6-11-21-22(14-16)33-24(28(21)12-13-32-2)26-23(29)17-4-3-5-19(15-17)27-34(30,31)20-9-7-18(25)8-10-20/h3-11,14-15,27H,12-13H2,1-2H3. The second-order valence-corrected chi connectivity index (χ2v) is 10.7. The zero-order chi connectivity index (χ0) is 24.3. The number of rotatable bonds is 7. The van der Waals surface area contributed by atoms with Crippen molar-refractivity contribution in [2.24, 2.45) is 4.99 Å². The van der Waals surface area contributed by atoms with Crippen molar-refractivity contribution >= 4 is 54.8 Å². The number of halogens is 1. The third-order valence-corrected chi connectivity index (χ3v) is 7.73. The Morgan fingerprint density at radius 1 is 1.12 bits per heavy atom. The van der Waals surface area contributed by atoms with Gasteiger partial charge in [0.1, 0.15) is 0 Å². The first-order valence-electron chi connectivity index (χ1n) is 10.3. The molecule has 0 aliphatic rings. The Hall–Kier alpha value is -2.98. The number of nitrogens with one attached hydrogen (secondary N) is 1. The van der Waals surface area contributed by atoms with Crippen molar-refractivity contribution in [2.75, 3.05) is 18.4 Å². The van der Waals surface area contributed by atoms with Gasteiger partial charge in [-0.25, -0.2) is 8.42 Å². The van der Waals surface area contributed by atoms with Gasteiger partial charge in [0.25, 0.3) is 15.9 Å². The Balaban J connectivity index is 1.66. The summed E-state index contributed by atoms with van der Waals surface area (Å²) in [6.45, 7) is 3.03. The maximum Gasteiger partial charge on any atom is 0.279 e. The van der Waals surface area contributed by atoms with E-state index in [4.69, 9.17) is 16.3 Å². The zero-order valence-electron chi connectivity index (χ0n) is 18.5. The Morgan fingerprint density at radius 3 is 2.62 bits per heavy atom. The Labute approximate surface area is 206 Å². The molecule has 1 heterocycles. The number of hydrogen-bond acceptors (Lipinski definition) is 5. The van der Waals surface area contributed by atoms with Crippen LogP contribution in [0.5, 0.6) is 0 Å².